The van der Waals surface area contributed by atoms with E-state index in [-0.39, 0.29) is 0 Å². The minimum atomic E-state index is 0.850. The van der Waals surface area contributed by atoms with Crippen LogP contribution in [-0.4, -0.2) is 45.3 Å². The normalized spacial score (nSPS) is 20.1. The van der Waals surface area contributed by atoms with E-state index in [1.807, 2.05) is 6.07 Å². The highest BCUT2D eigenvalue weighted by Crippen LogP contribution is 2.36. The Bertz CT molecular complexity index is 484. The highest BCUT2D eigenvalue weighted by Gasteiger charge is 2.24. The lowest BCUT2D eigenvalue weighted by atomic mass is 9.94. The van der Waals surface area contributed by atoms with Crippen LogP contribution in [0.2, 0.25) is 0 Å². The predicted molar refractivity (Wildman–Crippen MR) is 84.1 cm³/mol. The van der Waals surface area contributed by atoms with Gasteiger partial charge in [0.2, 0.25) is 0 Å². The molecule has 1 saturated heterocycles. The van der Waals surface area contributed by atoms with Gasteiger partial charge in [-0.1, -0.05) is 6.07 Å². The van der Waals surface area contributed by atoms with Crippen molar-refractivity contribution in [1.29, 1.82) is 0 Å². The van der Waals surface area contributed by atoms with Gasteiger partial charge in [-0.2, -0.15) is 0 Å². The lowest BCUT2D eigenvalue weighted by Gasteiger charge is -2.34. The zero-order valence-corrected chi connectivity index (χ0v) is 13.2. The highest BCUT2D eigenvalue weighted by molar-refractivity contribution is 5.51. The lowest BCUT2D eigenvalue weighted by Crippen LogP contribution is -2.38. The van der Waals surface area contributed by atoms with E-state index in [9.17, 15) is 0 Å². The first-order valence-corrected chi connectivity index (χ1v) is 7.97. The van der Waals surface area contributed by atoms with Gasteiger partial charge in [0.15, 0.2) is 11.5 Å². The van der Waals surface area contributed by atoms with Gasteiger partial charge in [0.25, 0.3) is 0 Å². The van der Waals surface area contributed by atoms with Crippen LogP contribution >= 0.6 is 0 Å². The molecule has 0 unspecified atom stereocenters. The second kappa shape index (κ2) is 6.67. The van der Waals surface area contributed by atoms with Crippen molar-refractivity contribution in [1.82, 2.24) is 10.2 Å². The maximum atomic E-state index is 5.57. The van der Waals surface area contributed by atoms with Crippen LogP contribution in [0.25, 0.3) is 0 Å². The van der Waals surface area contributed by atoms with E-state index in [0.29, 0.717) is 0 Å². The number of hydrogen-bond donors (Lipinski definition) is 1. The smallest absolute Gasteiger partial charge is 0.164 e. The molecule has 0 atom stereocenters. The van der Waals surface area contributed by atoms with E-state index in [2.05, 4.69) is 16.3 Å². The number of fused-ring (bicyclic) bond motifs is 1. The Morgan fingerprint density at radius 1 is 1.19 bits per heavy atom. The molecular weight excluding hydrogens is 264 g/mol. The minimum absolute atomic E-state index is 0.850. The van der Waals surface area contributed by atoms with E-state index in [1.54, 1.807) is 14.2 Å². The average molecular weight is 290 g/mol. The van der Waals surface area contributed by atoms with Crippen LogP contribution in [0.3, 0.4) is 0 Å². The van der Waals surface area contributed by atoms with Gasteiger partial charge in [-0.25, -0.2) is 0 Å². The molecule has 2 aliphatic heterocycles. The van der Waals surface area contributed by atoms with Gasteiger partial charge < -0.3 is 14.8 Å². The number of ether oxygens (including phenoxy) is 2. The topological polar surface area (TPSA) is 33.7 Å². The van der Waals surface area contributed by atoms with Crippen LogP contribution < -0.4 is 14.8 Å². The van der Waals surface area contributed by atoms with Gasteiger partial charge in [-0.15, -0.1) is 0 Å². The third-order valence-corrected chi connectivity index (χ3v) is 4.79. The number of piperidine rings is 1. The van der Waals surface area contributed by atoms with Crippen LogP contribution in [0.4, 0.5) is 0 Å². The molecule has 0 aliphatic carbocycles. The molecule has 2 heterocycles. The maximum absolute atomic E-state index is 5.57. The van der Waals surface area contributed by atoms with Crippen LogP contribution in [0.1, 0.15) is 24.0 Å². The van der Waals surface area contributed by atoms with Gasteiger partial charge in [0.05, 0.1) is 14.2 Å². The molecule has 21 heavy (non-hydrogen) atoms. The van der Waals surface area contributed by atoms with Crippen molar-refractivity contribution in [2.24, 2.45) is 5.92 Å². The Morgan fingerprint density at radius 2 is 2.00 bits per heavy atom. The number of nitrogens with one attached hydrogen (secondary N) is 1. The van der Waals surface area contributed by atoms with E-state index in [0.717, 1.165) is 36.9 Å². The molecule has 0 spiro atoms. The summed E-state index contributed by atoms with van der Waals surface area (Å²) in [7, 11) is 3.44. The number of rotatable bonds is 4. The number of methoxy groups -OCH3 is 2. The third kappa shape index (κ3) is 3.16. The molecule has 1 aromatic carbocycles. The van der Waals surface area contributed by atoms with Gasteiger partial charge in [-0.3, -0.25) is 4.90 Å². The highest BCUT2D eigenvalue weighted by atomic mass is 16.5. The quantitative estimate of drug-likeness (QED) is 0.920. The Kier molecular flexibility index (Phi) is 4.66. The molecular formula is C17H26N2O2. The minimum Gasteiger partial charge on any atom is -0.493 e. The first-order chi connectivity index (χ1) is 10.3. The van der Waals surface area contributed by atoms with Crippen molar-refractivity contribution >= 4 is 0 Å². The van der Waals surface area contributed by atoms with Crippen molar-refractivity contribution in [3.63, 3.8) is 0 Å². The van der Waals surface area contributed by atoms with Gasteiger partial charge in [0.1, 0.15) is 0 Å². The average Bonchev–Trinajstić information content (AvgIpc) is 2.54. The Balaban J connectivity index is 1.70. The first kappa shape index (κ1) is 14.7. The summed E-state index contributed by atoms with van der Waals surface area (Å²) in [5, 5.41) is 3.45. The van der Waals surface area contributed by atoms with Crippen LogP contribution in [0.5, 0.6) is 11.5 Å². The SMILES string of the molecule is COc1ccc2c(c1OC)CCN(CC1CCNCC1)C2. The molecule has 4 nitrogen and oxygen atoms in total. The summed E-state index contributed by atoms with van der Waals surface area (Å²) in [5.74, 6) is 2.63. The fraction of sp³-hybridized carbons (Fsp3) is 0.647. The lowest BCUT2D eigenvalue weighted by molar-refractivity contribution is 0.190. The zero-order chi connectivity index (χ0) is 14.7. The van der Waals surface area contributed by atoms with E-state index in [1.165, 1.54) is 43.6 Å². The molecule has 3 rings (SSSR count). The molecule has 0 bridgehead atoms. The fourth-order valence-electron chi connectivity index (χ4n) is 3.63. The van der Waals surface area contributed by atoms with Gasteiger partial charge in [-0.05, 0) is 49.9 Å². The second-order valence-electron chi connectivity index (χ2n) is 6.12. The van der Waals surface area contributed by atoms with E-state index in [4.69, 9.17) is 9.47 Å². The van der Waals surface area contributed by atoms with Crippen LogP contribution in [0, 0.1) is 5.92 Å². The van der Waals surface area contributed by atoms with Crippen LogP contribution in [0.15, 0.2) is 12.1 Å². The maximum Gasteiger partial charge on any atom is 0.164 e. The molecule has 0 amide bonds. The van der Waals surface area contributed by atoms with E-state index < -0.39 is 0 Å². The Hall–Kier alpha value is -1.26. The summed E-state index contributed by atoms with van der Waals surface area (Å²) in [5.41, 5.74) is 2.73. The van der Waals surface area contributed by atoms with Crippen molar-refractivity contribution in [3.8, 4) is 11.5 Å². The van der Waals surface area contributed by atoms with Crippen LogP contribution in [-0.2, 0) is 13.0 Å². The van der Waals surface area contributed by atoms with Crippen molar-refractivity contribution in [2.45, 2.75) is 25.8 Å². The second-order valence-corrected chi connectivity index (χ2v) is 6.12. The van der Waals surface area contributed by atoms with E-state index >= 15 is 0 Å². The number of benzene rings is 1. The van der Waals surface area contributed by atoms with Crippen molar-refractivity contribution in [3.05, 3.63) is 23.3 Å². The molecule has 1 N–H and O–H groups in total. The Morgan fingerprint density at radius 3 is 2.71 bits per heavy atom. The summed E-state index contributed by atoms with van der Waals surface area (Å²) < 4.78 is 11.0. The molecule has 1 aromatic rings. The summed E-state index contributed by atoms with van der Waals surface area (Å²) in [6.45, 7) is 5.76. The third-order valence-electron chi connectivity index (χ3n) is 4.79. The molecule has 116 valence electrons. The molecule has 4 heteroatoms. The number of hydrogen-bond acceptors (Lipinski definition) is 4. The van der Waals surface area contributed by atoms with Crippen molar-refractivity contribution < 1.29 is 9.47 Å². The molecule has 0 radical (unpaired) electrons. The number of nitrogens with zero attached hydrogens (tertiary/aromatic N) is 1. The summed E-state index contributed by atoms with van der Waals surface area (Å²) in [6, 6.07) is 4.23. The predicted octanol–water partition coefficient (Wildman–Crippen LogP) is 2.06. The molecule has 0 aromatic heterocycles. The van der Waals surface area contributed by atoms with Gasteiger partial charge >= 0.3 is 0 Å². The molecule has 1 fully saturated rings. The fourth-order valence-corrected chi connectivity index (χ4v) is 3.63. The zero-order valence-electron chi connectivity index (χ0n) is 13.2. The first-order valence-electron chi connectivity index (χ1n) is 7.97. The van der Waals surface area contributed by atoms with Crippen molar-refractivity contribution in [2.75, 3.05) is 40.4 Å². The standard InChI is InChI=1S/C17H26N2O2/c1-20-16-4-3-14-12-19(10-7-15(14)17(16)21-2)11-13-5-8-18-9-6-13/h3-4,13,18H,5-12H2,1-2H3. The molecule has 2 aliphatic rings. The molecule has 0 saturated carbocycles. The summed E-state index contributed by atoms with van der Waals surface area (Å²) >= 11 is 0. The monoisotopic (exact) mass is 290 g/mol. The summed E-state index contributed by atoms with van der Waals surface area (Å²) in [4.78, 5) is 2.60. The van der Waals surface area contributed by atoms with Gasteiger partial charge in [0, 0.05) is 25.2 Å². The summed E-state index contributed by atoms with van der Waals surface area (Å²) in [6.07, 6.45) is 3.69. The Labute approximate surface area is 127 Å². The largest absolute Gasteiger partial charge is 0.493 e.